The molecule has 2 aromatic heterocycles. The van der Waals surface area contributed by atoms with Crippen molar-refractivity contribution < 1.29 is 19.3 Å². The first-order valence-electron chi connectivity index (χ1n) is 10.7. The standard InChI is InChI=1S/C25H28N4O4/c1-16(2)31-8-9-32-25-12-20(10-17(3)29-25)33-24-11-18(13-26)4-6-21(24)22-7-5-19(15-28-22)23(30)14-27/h4-7,10-12,15-16,23,30H,8-9,14,27H2,1-3H3. The number of aryl methyl sites for hydroxylation is 1. The van der Waals surface area contributed by atoms with E-state index in [4.69, 9.17) is 19.9 Å². The van der Waals surface area contributed by atoms with Crippen molar-refractivity contribution in [1.29, 1.82) is 5.26 Å². The summed E-state index contributed by atoms with van der Waals surface area (Å²) >= 11 is 0. The fourth-order valence-electron chi connectivity index (χ4n) is 3.08. The number of rotatable bonds is 10. The minimum absolute atomic E-state index is 0.113. The molecule has 0 bridgehead atoms. The Bertz CT molecular complexity index is 1110. The molecule has 0 radical (unpaired) electrons. The number of nitrogens with zero attached hydrogens (tertiary/aromatic N) is 3. The van der Waals surface area contributed by atoms with Gasteiger partial charge in [-0.15, -0.1) is 0 Å². The van der Waals surface area contributed by atoms with E-state index in [1.165, 1.54) is 0 Å². The zero-order valence-electron chi connectivity index (χ0n) is 19.0. The number of aliphatic hydroxyl groups is 1. The fourth-order valence-corrected chi connectivity index (χ4v) is 3.08. The van der Waals surface area contributed by atoms with E-state index in [1.54, 1.807) is 48.7 Å². The molecule has 0 saturated heterocycles. The molecule has 33 heavy (non-hydrogen) atoms. The molecule has 0 fully saturated rings. The van der Waals surface area contributed by atoms with Crippen LogP contribution in [-0.2, 0) is 4.74 Å². The summed E-state index contributed by atoms with van der Waals surface area (Å²) in [5.41, 5.74) is 8.67. The number of aromatic nitrogens is 2. The number of nitrogens with two attached hydrogens (primary N) is 1. The van der Waals surface area contributed by atoms with Crippen LogP contribution in [0.1, 0.15) is 36.8 Å². The van der Waals surface area contributed by atoms with Gasteiger partial charge < -0.3 is 25.1 Å². The number of hydrogen-bond acceptors (Lipinski definition) is 8. The van der Waals surface area contributed by atoms with Crippen molar-refractivity contribution in [2.45, 2.75) is 33.0 Å². The van der Waals surface area contributed by atoms with Gasteiger partial charge >= 0.3 is 0 Å². The van der Waals surface area contributed by atoms with Crippen molar-refractivity contribution in [2.75, 3.05) is 19.8 Å². The van der Waals surface area contributed by atoms with Crippen molar-refractivity contribution in [1.82, 2.24) is 9.97 Å². The molecule has 0 aliphatic heterocycles. The van der Waals surface area contributed by atoms with Gasteiger partial charge in [0.05, 0.1) is 36.1 Å². The Labute approximate surface area is 193 Å². The Morgan fingerprint density at radius 1 is 1.12 bits per heavy atom. The third-order valence-electron chi connectivity index (χ3n) is 4.70. The summed E-state index contributed by atoms with van der Waals surface area (Å²) in [7, 11) is 0. The van der Waals surface area contributed by atoms with Gasteiger partial charge in [0.15, 0.2) is 0 Å². The summed E-state index contributed by atoms with van der Waals surface area (Å²) in [6.07, 6.45) is 0.939. The van der Waals surface area contributed by atoms with Crippen LogP contribution < -0.4 is 15.2 Å². The van der Waals surface area contributed by atoms with Crippen molar-refractivity contribution >= 4 is 0 Å². The number of hydrogen-bond donors (Lipinski definition) is 2. The maximum atomic E-state index is 9.91. The van der Waals surface area contributed by atoms with E-state index in [2.05, 4.69) is 16.0 Å². The lowest BCUT2D eigenvalue weighted by atomic mass is 10.1. The van der Waals surface area contributed by atoms with Crippen LogP contribution in [0.25, 0.3) is 11.3 Å². The van der Waals surface area contributed by atoms with Gasteiger partial charge in [0, 0.05) is 41.7 Å². The molecule has 1 atom stereocenters. The van der Waals surface area contributed by atoms with Crippen LogP contribution in [0.3, 0.4) is 0 Å². The smallest absolute Gasteiger partial charge is 0.217 e. The molecule has 3 rings (SSSR count). The monoisotopic (exact) mass is 448 g/mol. The average Bonchev–Trinajstić information content (AvgIpc) is 2.81. The van der Waals surface area contributed by atoms with Gasteiger partial charge in [-0.1, -0.05) is 6.07 Å². The zero-order chi connectivity index (χ0) is 23.8. The molecule has 0 saturated carbocycles. The molecule has 1 aromatic carbocycles. The predicted octanol–water partition coefficient (Wildman–Crippen LogP) is 3.91. The first-order valence-corrected chi connectivity index (χ1v) is 10.7. The van der Waals surface area contributed by atoms with Crippen molar-refractivity contribution in [3.63, 3.8) is 0 Å². The summed E-state index contributed by atoms with van der Waals surface area (Å²) in [6, 6.07) is 14.3. The molecule has 8 nitrogen and oxygen atoms in total. The Hall–Kier alpha value is -3.51. The predicted molar refractivity (Wildman–Crippen MR) is 124 cm³/mol. The molecule has 1 unspecified atom stereocenters. The Morgan fingerprint density at radius 2 is 1.94 bits per heavy atom. The second kappa shape index (κ2) is 11.4. The van der Waals surface area contributed by atoms with E-state index in [9.17, 15) is 10.4 Å². The Kier molecular flexibility index (Phi) is 8.33. The lowest BCUT2D eigenvalue weighted by Gasteiger charge is -2.14. The van der Waals surface area contributed by atoms with Crippen LogP contribution in [-0.4, -0.2) is 40.9 Å². The lowest BCUT2D eigenvalue weighted by molar-refractivity contribution is 0.0542. The summed E-state index contributed by atoms with van der Waals surface area (Å²) < 4.78 is 17.4. The first-order chi connectivity index (χ1) is 15.9. The third-order valence-corrected chi connectivity index (χ3v) is 4.70. The third kappa shape index (κ3) is 6.73. The van der Waals surface area contributed by atoms with Gasteiger partial charge in [-0.05, 0) is 45.0 Å². The number of benzene rings is 1. The van der Waals surface area contributed by atoms with Crippen LogP contribution in [0.15, 0.2) is 48.7 Å². The normalized spacial score (nSPS) is 11.8. The van der Waals surface area contributed by atoms with Crippen LogP contribution in [0.2, 0.25) is 0 Å². The minimum atomic E-state index is -0.771. The van der Waals surface area contributed by atoms with Crippen molar-refractivity contribution in [2.24, 2.45) is 5.73 Å². The topological polar surface area (TPSA) is 124 Å². The van der Waals surface area contributed by atoms with Gasteiger partial charge in [-0.2, -0.15) is 5.26 Å². The van der Waals surface area contributed by atoms with Crippen LogP contribution in [0.5, 0.6) is 17.4 Å². The molecule has 2 heterocycles. The SMILES string of the molecule is Cc1cc(Oc2cc(C#N)ccc2-c2ccc(C(O)CN)cn2)cc(OCCOC(C)C)n1. The van der Waals surface area contributed by atoms with Crippen LogP contribution in [0, 0.1) is 18.3 Å². The molecule has 0 aliphatic rings. The Morgan fingerprint density at radius 3 is 2.61 bits per heavy atom. The molecule has 3 N–H and O–H groups in total. The quantitative estimate of drug-likeness (QED) is 0.448. The van der Waals surface area contributed by atoms with E-state index < -0.39 is 6.10 Å². The second-order valence-electron chi connectivity index (χ2n) is 7.70. The minimum Gasteiger partial charge on any atom is -0.475 e. The molecular weight excluding hydrogens is 420 g/mol. The molecule has 0 spiro atoms. The molecular formula is C25H28N4O4. The van der Waals surface area contributed by atoms with E-state index >= 15 is 0 Å². The first kappa shape index (κ1) is 24.1. The second-order valence-corrected chi connectivity index (χ2v) is 7.70. The summed E-state index contributed by atoms with van der Waals surface area (Å²) in [4.78, 5) is 8.83. The maximum Gasteiger partial charge on any atom is 0.217 e. The van der Waals surface area contributed by atoms with Crippen LogP contribution in [0.4, 0.5) is 0 Å². The highest BCUT2D eigenvalue weighted by molar-refractivity contribution is 5.69. The van der Waals surface area contributed by atoms with Crippen molar-refractivity contribution in [3.05, 3.63) is 65.5 Å². The number of pyridine rings is 2. The van der Waals surface area contributed by atoms with Crippen LogP contribution >= 0.6 is 0 Å². The summed E-state index contributed by atoms with van der Waals surface area (Å²) in [5, 5.41) is 19.3. The average molecular weight is 449 g/mol. The Balaban J connectivity index is 1.86. The van der Waals surface area contributed by atoms with Crippen molar-refractivity contribution in [3.8, 4) is 34.7 Å². The molecule has 0 amide bonds. The van der Waals surface area contributed by atoms with Gasteiger partial charge in [-0.3, -0.25) is 4.98 Å². The number of ether oxygens (including phenoxy) is 3. The summed E-state index contributed by atoms with van der Waals surface area (Å²) in [5.74, 6) is 1.41. The molecule has 8 heteroatoms. The zero-order valence-corrected chi connectivity index (χ0v) is 19.0. The van der Waals surface area contributed by atoms with E-state index in [-0.39, 0.29) is 12.6 Å². The highest BCUT2D eigenvalue weighted by Crippen LogP contribution is 2.34. The van der Waals surface area contributed by atoms with Gasteiger partial charge in [0.2, 0.25) is 5.88 Å². The number of nitriles is 1. The molecule has 0 aliphatic carbocycles. The summed E-state index contributed by atoms with van der Waals surface area (Å²) in [6.45, 7) is 6.72. The van der Waals surface area contributed by atoms with E-state index in [1.807, 2.05) is 20.8 Å². The van der Waals surface area contributed by atoms with Gasteiger partial charge in [-0.25, -0.2) is 4.98 Å². The largest absolute Gasteiger partial charge is 0.475 e. The number of aliphatic hydroxyl groups excluding tert-OH is 1. The highest BCUT2D eigenvalue weighted by atomic mass is 16.5. The van der Waals surface area contributed by atoms with Gasteiger partial charge in [0.25, 0.3) is 0 Å². The fraction of sp³-hybridized carbons (Fsp3) is 0.320. The van der Waals surface area contributed by atoms with E-state index in [0.29, 0.717) is 53.0 Å². The lowest BCUT2D eigenvalue weighted by Crippen LogP contribution is -2.12. The van der Waals surface area contributed by atoms with Gasteiger partial charge in [0.1, 0.15) is 18.1 Å². The van der Waals surface area contributed by atoms with E-state index in [0.717, 1.165) is 5.69 Å². The highest BCUT2D eigenvalue weighted by Gasteiger charge is 2.13. The molecule has 3 aromatic rings. The maximum absolute atomic E-state index is 9.91. The molecule has 172 valence electrons.